The zero-order valence-electron chi connectivity index (χ0n) is 42.3. The number of amides is 2. The van der Waals surface area contributed by atoms with E-state index in [1.54, 1.807) is 13.8 Å². The third-order valence-electron chi connectivity index (χ3n) is 11.9. The van der Waals surface area contributed by atoms with Crippen LogP contribution in [0.3, 0.4) is 0 Å². The molecule has 418 valence electrons. The van der Waals surface area contributed by atoms with E-state index in [1.807, 2.05) is 13.8 Å². The van der Waals surface area contributed by atoms with Crippen molar-refractivity contribution in [2.24, 2.45) is 5.92 Å². The van der Waals surface area contributed by atoms with Gasteiger partial charge in [0, 0.05) is 46.9 Å². The fraction of sp³-hybridized carbons (Fsp3) is 0.957. The first-order valence-corrected chi connectivity index (χ1v) is 24.9. The van der Waals surface area contributed by atoms with Gasteiger partial charge < -0.3 is 113 Å². The number of carbonyl (C=O) groups is 2. The predicted octanol–water partition coefficient (Wildman–Crippen LogP) is -3.42. The largest absolute Gasteiger partial charge is 0.394 e. The maximum Gasteiger partial charge on any atom is 0.217 e. The molecular weight excluding hydrogens is 948 g/mol. The Morgan fingerprint density at radius 3 is 1.76 bits per heavy atom. The number of hydrogen-bond donors (Lipinski definition) is 11. The lowest BCUT2D eigenvalue weighted by atomic mass is 9.87. The molecule has 7 unspecified atom stereocenters. The number of aliphatic hydroxyl groups is 9. The number of ether oxygens (including phenoxy) is 12. The smallest absolute Gasteiger partial charge is 0.217 e. The first-order chi connectivity index (χ1) is 33.9. The van der Waals surface area contributed by atoms with Crippen LogP contribution in [-0.4, -0.2) is 260 Å². The van der Waals surface area contributed by atoms with Gasteiger partial charge >= 0.3 is 0 Å². The average Bonchev–Trinajstić information content (AvgIpc) is 3.33. The van der Waals surface area contributed by atoms with E-state index in [1.165, 1.54) is 13.8 Å². The SMILES string of the molecule is CCCOCCCOCCO[C@H](C(O)[C@@H](O)O[C@@H]1C(CO)O[C@@H](O[C@@H]2C(CO[C@@H]3O[C@@H](C)[C@@H](O)C(O)C3O)O[C@@H](C(C)C)C(NC(C)=O)[C@H]2O)C(NC(C)=O)[C@H]1O)[C@H](O)CCOCCOCCOCCC. The van der Waals surface area contributed by atoms with Gasteiger partial charge in [-0.1, -0.05) is 27.7 Å². The van der Waals surface area contributed by atoms with Crippen LogP contribution in [0.1, 0.15) is 74.1 Å². The minimum absolute atomic E-state index is 0.0103. The number of nitrogens with one attached hydrogen (secondary N) is 2. The summed E-state index contributed by atoms with van der Waals surface area (Å²) in [6, 6.07) is -2.67. The van der Waals surface area contributed by atoms with Crippen LogP contribution in [0.5, 0.6) is 0 Å². The van der Waals surface area contributed by atoms with Crippen LogP contribution in [0, 0.1) is 5.92 Å². The summed E-state index contributed by atoms with van der Waals surface area (Å²) in [6.07, 6.45) is -24.1. The minimum Gasteiger partial charge on any atom is -0.394 e. The van der Waals surface area contributed by atoms with Crippen LogP contribution in [0.15, 0.2) is 0 Å². The molecule has 3 heterocycles. The Morgan fingerprint density at radius 2 is 1.17 bits per heavy atom. The summed E-state index contributed by atoms with van der Waals surface area (Å²) in [5.41, 5.74) is 0. The maximum atomic E-state index is 12.7. The monoisotopic (exact) mass is 1030 g/mol. The molecule has 71 heavy (non-hydrogen) atoms. The van der Waals surface area contributed by atoms with E-state index in [0.717, 1.165) is 19.8 Å². The van der Waals surface area contributed by atoms with E-state index in [-0.39, 0.29) is 45.4 Å². The Balaban J connectivity index is 1.81. The fourth-order valence-corrected chi connectivity index (χ4v) is 8.24. The number of carbonyl (C=O) groups excluding carboxylic acids is 2. The fourth-order valence-electron chi connectivity index (χ4n) is 8.24. The summed E-state index contributed by atoms with van der Waals surface area (Å²) in [7, 11) is 0. The zero-order valence-corrected chi connectivity index (χ0v) is 42.3. The molecule has 0 bridgehead atoms. The summed E-state index contributed by atoms with van der Waals surface area (Å²) in [6.45, 7) is 13.3. The molecule has 0 saturated carbocycles. The van der Waals surface area contributed by atoms with E-state index < -0.39 is 141 Å². The quantitative estimate of drug-likeness (QED) is 0.0218. The van der Waals surface area contributed by atoms with Gasteiger partial charge in [-0.3, -0.25) is 9.59 Å². The number of hydrogen-bond acceptors (Lipinski definition) is 23. The van der Waals surface area contributed by atoms with Gasteiger partial charge in [0.05, 0.1) is 77.2 Å². The zero-order chi connectivity index (χ0) is 52.6. The molecule has 0 spiro atoms. The highest BCUT2D eigenvalue weighted by Gasteiger charge is 2.54. The van der Waals surface area contributed by atoms with Crippen molar-refractivity contribution in [3.63, 3.8) is 0 Å². The summed E-state index contributed by atoms with van der Waals surface area (Å²) < 4.78 is 69.4. The van der Waals surface area contributed by atoms with E-state index in [9.17, 15) is 55.5 Å². The number of aliphatic hydroxyl groups excluding tert-OH is 9. The summed E-state index contributed by atoms with van der Waals surface area (Å²) >= 11 is 0. The number of rotatable bonds is 35. The van der Waals surface area contributed by atoms with Gasteiger partial charge in [0.2, 0.25) is 11.8 Å². The van der Waals surface area contributed by atoms with E-state index >= 15 is 0 Å². The second-order valence-electron chi connectivity index (χ2n) is 18.2. The van der Waals surface area contributed by atoms with Crippen LogP contribution >= 0.6 is 0 Å². The summed E-state index contributed by atoms with van der Waals surface area (Å²) in [4.78, 5) is 25.1. The molecule has 0 aliphatic carbocycles. The second-order valence-corrected chi connectivity index (χ2v) is 18.2. The lowest BCUT2D eigenvalue weighted by molar-refractivity contribution is -0.343. The van der Waals surface area contributed by atoms with Crippen LogP contribution in [0.25, 0.3) is 0 Å². The molecule has 25 heteroatoms. The van der Waals surface area contributed by atoms with Crippen LogP contribution in [0.2, 0.25) is 0 Å². The Labute approximate surface area is 416 Å². The Kier molecular flexibility index (Phi) is 30.3. The highest BCUT2D eigenvalue weighted by Crippen LogP contribution is 2.34. The molecule has 3 rings (SSSR count). The normalized spacial score (nSPS) is 33.1. The van der Waals surface area contributed by atoms with Crippen molar-refractivity contribution in [3.8, 4) is 0 Å². The van der Waals surface area contributed by atoms with Crippen molar-refractivity contribution in [1.82, 2.24) is 10.6 Å². The standard InChI is InChI=1S/C46H86N2O23/c1-8-12-60-14-10-15-62-21-22-65-41(29(52)11-16-63-18-20-64-19-17-61-13-9-2)39(58)44(59)70-42-30(23-49)69-45(33(36(42)55)48-28(7)51)71-43-31(24-66-46-38(57)37(56)34(53)26(5)67-46)68-40(25(3)4)32(35(43)54)47-27(6)50/h25-26,29-46,49,52-59H,8-24H2,1-7H3,(H,47,50)(H,48,51)/t26-,29+,30?,31?,32?,33?,34+,35+,36+,37?,38?,39?,40-,41-,42+,43+,44-,45-,46+/m0/s1. The Bertz CT molecular complexity index is 1440. The van der Waals surface area contributed by atoms with E-state index in [4.69, 9.17) is 56.8 Å². The highest BCUT2D eigenvalue weighted by atomic mass is 16.7. The van der Waals surface area contributed by atoms with Crippen molar-refractivity contribution in [2.75, 3.05) is 85.9 Å². The topological polar surface area (TPSA) is 351 Å². The maximum absolute atomic E-state index is 12.7. The Hall–Kier alpha value is -1.90. The Morgan fingerprint density at radius 1 is 0.620 bits per heavy atom. The van der Waals surface area contributed by atoms with Gasteiger partial charge in [0.15, 0.2) is 18.9 Å². The molecule has 25 nitrogen and oxygen atoms in total. The molecule has 2 amide bonds. The van der Waals surface area contributed by atoms with Gasteiger partial charge in [-0.2, -0.15) is 0 Å². The summed E-state index contributed by atoms with van der Waals surface area (Å²) in [5.74, 6) is -1.55. The van der Waals surface area contributed by atoms with Gasteiger partial charge in [-0.05, 0) is 38.5 Å². The van der Waals surface area contributed by atoms with Crippen molar-refractivity contribution < 1.29 is 112 Å². The van der Waals surface area contributed by atoms with Gasteiger partial charge in [-0.25, -0.2) is 0 Å². The molecule has 11 N–H and O–H groups in total. The second kappa shape index (κ2) is 33.9. The molecule has 3 saturated heterocycles. The van der Waals surface area contributed by atoms with Crippen LogP contribution in [-0.2, 0) is 66.4 Å². The van der Waals surface area contributed by atoms with E-state index in [2.05, 4.69) is 10.6 Å². The molecule has 19 atom stereocenters. The lowest BCUT2D eigenvalue weighted by Gasteiger charge is -2.50. The average molecular weight is 1040 g/mol. The first-order valence-electron chi connectivity index (χ1n) is 24.9. The van der Waals surface area contributed by atoms with Crippen molar-refractivity contribution in [2.45, 2.75) is 191 Å². The molecule has 3 aliphatic rings. The van der Waals surface area contributed by atoms with Gasteiger partial charge in [0.25, 0.3) is 0 Å². The molecular formula is C46H86N2O23. The summed E-state index contributed by atoms with van der Waals surface area (Å²) in [5, 5.41) is 105. The van der Waals surface area contributed by atoms with Gasteiger partial charge in [0.1, 0.15) is 73.2 Å². The van der Waals surface area contributed by atoms with Crippen LogP contribution < -0.4 is 10.6 Å². The van der Waals surface area contributed by atoms with E-state index in [0.29, 0.717) is 46.1 Å². The third kappa shape index (κ3) is 20.6. The van der Waals surface area contributed by atoms with Crippen molar-refractivity contribution in [3.05, 3.63) is 0 Å². The highest BCUT2D eigenvalue weighted by molar-refractivity contribution is 5.73. The molecule has 0 radical (unpaired) electrons. The first kappa shape index (κ1) is 63.4. The molecule has 0 aromatic heterocycles. The molecule has 0 aromatic rings. The van der Waals surface area contributed by atoms with Crippen LogP contribution in [0.4, 0.5) is 0 Å². The molecule has 3 fully saturated rings. The van der Waals surface area contributed by atoms with Crippen molar-refractivity contribution >= 4 is 11.8 Å². The predicted molar refractivity (Wildman–Crippen MR) is 246 cm³/mol. The minimum atomic E-state index is -2.22. The van der Waals surface area contributed by atoms with Gasteiger partial charge in [-0.15, -0.1) is 0 Å². The molecule has 3 aliphatic heterocycles. The lowest BCUT2D eigenvalue weighted by Crippen LogP contribution is -2.70. The van der Waals surface area contributed by atoms with Crippen molar-refractivity contribution in [1.29, 1.82) is 0 Å². The third-order valence-corrected chi connectivity index (χ3v) is 11.9. The molecule has 0 aromatic carbocycles.